The molecule has 3 rings (SSSR count). The molecular weight excluding hydrogens is 734 g/mol. The number of ketones is 1. The van der Waals surface area contributed by atoms with E-state index in [0.717, 1.165) is 0 Å². The molecule has 2 fully saturated rings. The quantitative estimate of drug-likeness (QED) is 0.0679. The molecule has 0 bridgehead atoms. The zero-order valence-corrected chi connectivity index (χ0v) is 32.3. The smallest absolute Gasteiger partial charge is 0.303 e. The van der Waals surface area contributed by atoms with Crippen LogP contribution >= 0.6 is 0 Å². The average molecular weight is 790 g/mol. The minimum Gasteiger partial charge on any atom is -0.481 e. The molecule has 5 atom stereocenters. The second-order valence-corrected chi connectivity index (χ2v) is 15.1. The lowest BCUT2D eigenvalue weighted by Crippen LogP contribution is -2.60. The lowest BCUT2D eigenvalue weighted by molar-refractivity contribution is -0.143. The van der Waals surface area contributed by atoms with Gasteiger partial charge in [0.05, 0.1) is 19.2 Å². The predicted octanol–water partition coefficient (Wildman–Crippen LogP) is -1.72. The van der Waals surface area contributed by atoms with Crippen LogP contribution in [0.4, 0.5) is 0 Å². The molecule has 56 heavy (non-hydrogen) atoms. The Hall–Kier alpha value is -5.20. The molecule has 2 aliphatic heterocycles. The normalized spacial score (nSPS) is 21.5. The standard InChI is InChI=1S/C37H55N7O12/c1-20(2)16-26(41-33(52)24-9-7-23(8-10-24)19-44-29(48)12-13-30(44)49)37(56)43-15-5-6-27(43)35(54)40-25(11-14-31(50)51)34(53)42-32(22(4)46)36(55)39-18-28(47)38-17-21(3)45/h12-13,20,22-27,32,46H,5-11,14-19H2,1-4H3,(H,38,47)(H,39,55)(H,40,54)(H,41,52)(H,42,53)(H,50,51). The summed E-state index contributed by atoms with van der Waals surface area (Å²) in [5.41, 5.74) is 0. The highest BCUT2D eigenvalue weighted by Gasteiger charge is 2.40. The third kappa shape index (κ3) is 13.5. The molecular formula is C37H55N7O12. The first-order chi connectivity index (χ1) is 26.4. The highest BCUT2D eigenvalue weighted by atomic mass is 16.4. The first kappa shape index (κ1) is 45.2. The second kappa shape index (κ2) is 21.2. The Morgan fingerprint density at radius 1 is 0.804 bits per heavy atom. The Balaban J connectivity index is 1.65. The fraction of sp³-hybridized carbons (Fsp3) is 0.676. The number of nitrogens with one attached hydrogen (secondary N) is 5. The minimum absolute atomic E-state index is 0.0166. The van der Waals surface area contributed by atoms with E-state index in [1.165, 1.54) is 35.8 Å². The molecule has 310 valence electrons. The molecule has 19 nitrogen and oxygen atoms in total. The van der Waals surface area contributed by atoms with Gasteiger partial charge in [0.25, 0.3) is 11.8 Å². The summed E-state index contributed by atoms with van der Waals surface area (Å²) < 4.78 is 0. The van der Waals surface area contributed by atoms with E-state index >= 15 is 0 Å². The Morgan fingerprint density at radius 3 is 2.00 bits per heavy atom. The summed E-state index contributed by atoms with van der Waals surface area (Å²) in [6.07, 6.45) is 3.22. The average Bonchev–Trinajstić information content (AvgIpc) is 3.75. The molecule has 7 N–H and O–H groups in total. The molecule has 1 saturated carbocycles. The van der Waals surface area contributed by atoms with Gasteiger partial charge in [0, 0.05) is 37.6 Å². The number of carboxylic acid groups (broad SMARTS) is 1. The zero-order chi connectivity index (χ0) is 41.7. The number of hydrogen-bond acceptors (Lipinski definition) is 11. The van der Waals surface area contributed by atoms with Gasteiger partial charge in [0.1, 0.15) is 30.0 Å². The summed E-state index contributed by atoms with van der Waals surface area (Å²) in [5, 5.41) is 31.8. The van der Waals surface area contributed by atoms with Gasteiger partial charge < -0.3 is 41.7 Å². The lowest BCUT2D eigenvalue weighted by Gasteiger charge is -2.33. The maximum absolute atomic E-state index is 14.0. The third-order valence-electron chi connectivity index (χ3n) is 10.0. The van der Waals surface area contributed by atoms with Gasteiger partial charge in [0.15, 0.2) is 0 Å². The predicted molar refractivity (Wildman–Crippen MR) is 197 cm³/mol. The fourth-order valence-corrected chi connectivity index (χ4v) is 6.99. The van der Waals surface area contributed by atoms with E-state index in [1.54, 1.807) is 0 Å². The van der Waals surface area contributed by atoms with E-state index in [9.17, 15) is 58.2 Å². The van der Waals surface area contributed by atoms with Crippen LogP contribution in [0, 0.1) is 17.8 Å². The highest BCUT2D eigenvalue weighted by Crippen LogP contribution is 2.31. The van der Waals surface area contributed by atoms with E-state index in [1.807, 2.05) is 13.8 Å². The van der Waals surface area contributed by atoms with Crippen molar-refractivity contribution in [3.8, 4) is 0 Å². The van der Waals surface area contributed by atoms with Crippen molar-refractivity contribution in [1.82, 2.24) is 36.4 Å². The van der Waals surface area contributed by atoms with Crippen LogP contribution in [-0.2, 0) is 47.9 Å². The molecule has 1 aliphatic carbocycles. The molecule has 19 heteroatoms. The summed E-state index contributed by atoms with van der Waals surface area (Å²) in [7, 11) is 0. The Morgan fingerprint density at radius 2 is 1.43 bits per heavy atom. The number of carboxylic acids is 1. The molecule has 0 aromatic carbocycles. The number of aliphatic hydroxyl groups is 1. The van der Waals surface area contributed by atoms with Crippen molar-refractivity contribution in [2.45, 2.75) is 116 Å². The Labute approximate surface area is 325 Å². The van der Waals surface area contributed by atoms with Gasteiger partial charge in [-0.1, -0.05) is 13.8 Å². The van der Waals surface area contributed by atoms with Gasteiger partial charge in [-0.2, -0.15) is 0 Å². The van der Waals surface area contributed by atoms with E-state index in [0.29, 0.717) is 32.1 Å². The topological polar surface area (TPSA) is 278 Å². The van der Waals surface area contributed by atoms with Crippen molar-refractivity contribution in [1.29, 1.82) is 0 Å². The molecule has 8 amide bonds. The van der Waals surface area contributed by atoms with Crippen molar-refractivity contribution < 1.29 is 58.2 Å². The van der Waals surface area contributed by atoms with Gasteiger partial charge in [0.2, 0.25) is 35.4 Å². The lowest BCUT2D eigenvalue weighted by atomic mass is 9.81. The number of carbonyl (C=O) groups excluding carboxylic acids is 9. The zero-order valence-electron chi connectivity index (χ0n) is 32.3. The van der Waals surface area contributed by atoms with Crippen molar-refractivity contribution in [3.63, 3.8) is 0 Å². The van der Waals surface area contributed by atoms with Gasteiger partial charge in [-0.25, -0.2) is 0 Å². The van der Waals surface area contributed by atoms with Crippen molar-refractivity contribution >= 4 is 59.0 Å². The molecule has 0 spiro atoms. The number of Topliss-reactive ketones (excluding diaryl/α,β-unsaturated/α-hetero) is 1. The number of likely N-dealkylation sites (tertiary alicyclic amines) is 1. The number of imide groups is 1. The number of aliphatic carboxylic acids is 1. The number of hydrogen-bond donors (Lipinski definition) is 7. The van der Waals surface area contributed by atoms with Crippen LogP contribution in [0.3, 0.4) is 0 Å². The molecule has 0 aromatic rings. The van der Waals surface area contributed by atoms with Crippen molar-refractivity contribution in [2.24, 2.45) is 17.8 Å². The molecule has 1 saturated heterocycles. The summed E-state index contributed by atoms with van der Waals surface area (Å²) in [6, 6.07) is -5.12. The van der Waals surface area contributed by atoms with E-state index in [2.05, 4.69) is 26.6 Å². The Bertz CT molecular complexity index is 1540. The van der Waals surface area contributed by atoms with Crippen LogP contribution in [0.25, 0.3) is 0 Å². The summed E-state index contributed by atoms with van der Waals surface area (Å²) in [4.78, 5) is 128. The van der Waals surface area contributed by atoms with E-state index in [4.69, 9.17) is 0 Å². The SMILES string of the molecule is CC(=O)CNC(=O)CNC(=O)C(NC(=O)C(CCC(=O)O)NC(=O)C1CCCN1C(=O)C(CC(C)C)NC(=O)C1CCC(CN2C(=O)C=CC2=O)CC1)C(C)O. The number of carbonyl (C=O) groups is 10. The number of nitrogens with zero attached hydrogens (tertiary/aromatic N) is 2. The maximum atomic E-state index is 14.0. The van der Waals surface area contributed by atoms with E-state index < -0.39 is 85.2 Å². The van der Waals surface area contributed by atoms with Gasteiger partial charge in [-0.05, 0) is 77.0 Å². The summed E-state index contributed by atoms with van der Waals surface area (Å²) in [5.74, 6) is -6.84. The molecule has 0 radical (unpaired) electrons. The first-order valence-electron chi connectivity index (χ1n) is 19.1. The van der Waals surface area contributed by atoms with Gasteiger partial charge >= 0.3 is 5.97 Å². The molecule has 5 unspecified atom stereocenters. The van der Waals surface area contributed by atoms with Crippen LogP contribution < -0.4 is 26.6 Å². The number of rotatable bonds is 20. The monoisotopic (exact) mass is 789 g/mol. The largest absolute Gasteiger partial charge is 0.481 e. The number of aliphatic hydroxyl groups excluding tert-OH is 1. The van der Waals surface area contributed by atoms with Crippen LogP contribution in [0.1, 0.15) is 85.5 Å². The maximum Gasteiger partial charge on any atom is 0.303 e. The van der Waals surface area contributed by atoms with Crippen molar-refractivity contribution in [3.05, 3.63) is 12.2 Å². The van der Waals surface area contributed by atoms with Gasteiger partial charge in [-0.15, -0.1) is 0 Å². The van der Waals surface area contributed by atoms with Crippen LogP contribution in [0.15, 0.2) is 12.2 Å². The minimum atomic E-state index is -1.61. The van der Waals surface area contributed by atoms with Crippen LogP contribution in [0.5, 0.6) is 0 Å². The summed E-state index contributed by atoms with van der Waals surface area (Å²) >= 11 is 0. The fourth-order valence-electron chi connectivity index (χ4n) is 6.99. The third-order valence-corrected chi connectivity index (χ3v) is 10.0. The number of amides is 8. The highest BCUT2D eigenvalue weighted by molar-refractivity contribution is 6.12. The molecule has 3 aliphatic rings. The van der Waals surface area contributed by atoms with Gasteiger partial charge in [-0.3, -0.25) is 52.8 Å². The Kier molecular flexibility index (Phi) is 17.1. The van der Waals surface area contributed by atoms with Crippen LogP contribution in [0.2, 0.25) is 0 Å². The second-order valence-electron chi connectivity index (χ2n) is 15.1. The van der Waals surface area contributed by atoms with Crippen LogP contribution in [-0.4, -0.2) is 135 Å². The molecule has 0 aromatic heterocycles. The van der Waals surface area contributed by atoms with E-state index in [-0.39, 0.29) is 73.7 Å². The molecule has 2 heterocycles. The first-order valence-corrected chi connectivity index (χ1v) is 19.1. The van der Waals surface area contributed by atoms with Crippen molar-refractivity contribution in [2.75, 3.05) is 26.2 Å². The summed E-state index contributed by atoms with van der Waals surface area (Å²) in [6.45, 7) is 5.86.